The summed E-state index contributed by atoms with van der Waals surface area (Å²) in [6, 6.07) is 11.3. The summed E-state index contributed by atoms with van der Waals surface area (Å²) in [6.45, 7) is 3.69. The highest BCUT2D eigenvalue weighted by molar-refractivity contribution is 9.10. The number of nitrogens with zero attached hydrogens (tertiary/aromatic N) is 2. The SMILES string of the molecule is Cc1c(C(=O)N2CCC(c3ccc4c(c3)CN(C3CCC(=O)NC3=O)C4=O)CC2)[nH]c2cc(Br)ccc12. The number of H-pyrrole nitrogens is 1. The Kier molecular flexibility index (Phi) is 5.90. The van der Waals surface area contributed by atoms with Gasteiger partial charge in [-0.3, -0.25) is 24.5 Å². The van der Waals surface area contributed by atoms with Crippen LogP contribution in [-0.2, 0) is 16.1 Å². The molecule has 6 rings (SSSR count). The van der Waals surface area contributed by atoms with Gasteiger partial charge in [0.05, 0.1) is 0 Å². The first-order valence-electron chi connectivity index (χ1n) is 12.6. The van der Waals surface area contributed by atoms with Crippen LogP contribution in [0.25, 0.3) is 10.9 Å². The summed E-state index contributed by atoms with van der Waals surface area (Å²) < 4.78 is 0.970. The van der Waals surface area contributed by atoms with Crippen molar-refractivity contribution in [3.8, 4) is 0 Å². The van der Waals surface area contributed by atoms with Gasteiger partial charge in [0.1, 0.15) is 11.7 Å². The van der Waals surface area contributed by atoms with Gasteiger partial charge in [0.2, 0.25) is 11.8 Å². The average Bonchev–Trinajstić information content (AvgIpc) is 3.39. The van der Waals surface area contributed by atoms with Crippen molar-refractivity contribution in [1.29, 1.82) is 0 Å². The molecule has 37 heavy (non-hydrogen) atoms. The number of nitrogens with one attached hydrogen (secondary N) is 2. The van der Waals surface area contributed by atoms with Crippen LogP contribution in [0.4, 0.5) is 0 Å². The third-order valence-electron chi connectivity index (χ3n) is 8.04. The van der Waals surface area contributed by atoms with Crippen LogP contribution in [0.2, 0.25) is 0 Å². The zero-order valence-electron chi connectivity index (χ0n) is 20.5. The van der Waals surface area contributed by atoms with Crippen molar-refractivity contribution < 1.29 is 19.2 Å². The normalized spacial score (nSPS) is 20.5. The Hall–Kier alpha value is -3.46. The molecule has 9 heteroatoms. The zero-order valence-corrected chi connectivity index (χ0v) is 22.1. The van der Waals surface area contributed by atoms with E-state index in [-0.39, 0.29) is 24.1 Å². The number of benzene rings is 2. The van der Waals surface area contributed by atoms with Crippen LogP contribution in [0.1, 0.15) is 69.1 Å². The number of likely N-dealkylation sites (tertiary alicyclic amines) is 1. The summed E-state index contributed by atoms with van der Waals surface area (Å²) in [5.41, 5.74) is 5.28. The number of hydrogen-bond acceptors (Lipinski definition) is 4. The van der Waals surface area contributed by atoms with Crippen LogP contribution in [0.15, 0.2) is 40.9 Å². The molecule has 0 bridgehead atoms. The van der Waals surface area contributed by atoms with E-state index >= 15 is 0 Å². The highest BCUT2D eigenvalue weighted by Gasteiger charge is 2.39. The summed E-state index contributed by atoms with van der Waals surface area (Å²) in [5, 5.41) is 3.40. The van der Waals surface area contributed by atoms with Crippen LogP contribution in [0.5, 0.6) is 0 Å². The van der Waals surface area contributed by atoms with E-state index in [0.29, 0.717) is 43.2 Å². The minimum Gasteiger partial charge on any atom is -0.350 e. The largest absolute Gasteiger partial charge is 0.350 e. The van der Waals surface area contributed by atoms with E-state index in [1.165, 1.54) is 0 Å². The summed E-state index contributed by atoms with van der Waals surface area (Å²) in [5.74, 6) is -0.508. The van der Waals surface area contributed by atoms with Gasteiger partial charge >= 0.3 is 0 Å². The topological polar surface area (TPSA) is 103 Å². The van der Waals surface area contributed by atoms with E-state index in [1.54, 1.807) is 4.90 Å². The second kappa shape index (κ2) is 9.13. The number of carbonyl (C=O) groups excluding carboxylic acids is 4. The van der Waals surface area contributed by atoms with Crippen molar-refractivity contribution in [2.45, 2.75) is 51.1 Å². The fraction of sp³-hybridized carbons (Fsp3) is 0.357. The van der Waals surface area contributed by atoms with Crippen LogP contribution >= 0.6 is 15.9 Å². The number of aromatic nitrogens is 1. The molecule has 190 valence electrons. The van der Waals surface area contributed by atoms with Crippen molar-refractivity contribution in [2.75, 3.05) is 13.1 Å². The number of carbonyl (C=O) groups is 4. The van der Waals surface area contributed by atoms with Gasteiger partial charge in [-0.25, -0.2) is 0 Å². The average molecular weight is 563 g/mol. The molecule has 3 aromatic rings. The monoisotopic (exact) mass is 562 g/mol. The first kappa shape index (κ1) is 23.9. The summed E-state index contributed by atoms with van der Waals surface area (Å²) in [7, 11) is 0. The minimum absolute atomic E-state index is 0.0303. The second-order valence-corrected chi connectivity index (χ2v) is 11.1. The fourth-order valence-corrected chi connectivity index (χ4v) is 6.31. The van der Waals surface area contributed by atoms with Gasteiger partial charge in [-0.1, -0.05) is 34.1 Å². The van der Waals surface area contributed by atoms with E-state index in [1.807, 2.05) is 42.2 Å². The number of aromatic amines is 1. The Morgan fingerprint density at radius 3 is 2.57 bits per heavy atom. The molecule has 1 unspecified atom stereocenters. The first-order chi connectivity index (χ1) is 17.8. The number of imide groups is 1. The third kappa shape index (κ3) is 4.15. The summed E-state index contributed by atoms with van der Waals surface area (Å²) >= 11 is 3.49. The molecule has 0 spiro atoms. The molecule has 4 amide bonds. The Labute approximate surface area is 222 Å². The highest BCUT2D eigenvalue weighted by atomic mass is 79.9. The Balaban J connectivity index is 1.13. The Morgan fingerprint density at radius 1 is 1.03 bits per heavy atom. The number of fused-ring (bicyclic) bond motifs is 2. The molecule has 3 aliphatic rings. The second-order valence-electron chi connectivity index (χ2n) is 10.2. The quantitative estimate of drug-likeness (QED) is 0.470. The molecule has 0 radical (unpaired) electrons. The molecule has 4 heterocycles. The number of halogens is 1. The van der Waals surface area contributed by atoms with Gasteiger partial charge in [0.15, 0.2) is 0 Å². The van der Waals surface area contributed by atoms with Gasteiger partial charge < -0.3 is 14.8 Å². The van der Waals surface area contributed by atoms with E-state index in [0.717, 1.165) is 44.9 Å². The smallest absolute Gasteiger partial charge is 0.270 e. The minimum atomic E-state index is -0.607. The lowest BCUT2D eigenvalue weighted by Gasteiger charge is -2.32. The van der Waals surface area contributed by atoms with Crippen molar-refractivity contribution >= 4 is 50.5 Å². The first-order valence-corrected chi connectivity index (χ1v) is 13.4. The molecule has 2 fully saturated rings. The van der Waals surface area contributed by atoms with Crippen LogP contribution in [0, 0.1) is 6.92 Å². The molecule has 3 aliphatic heterocycles. The number of hydrogen-bond donors (Lipinski definition) is 2. The van der Waals surface area contributed by atoms with Crippen molar-refractivity contribution in [1.82, 2.24) is 20.1 Å². The maximum absolute atomic E-state index is 13.3. The van der Waals surface area contributed by atoms with Gasteiger partial charge in [-0.2, -0.15) is 0 Å². The summed E-state index contributed by atoms with van der Waals surface area (Å²) in [4.78, 5) is 56.9. The van der Waals surface area contributed by atoms with E-state index in [2.05, 4.69) is 32.3 Å². The molecule has 1 atom stereocenters. The maximum Gasteiger partial charge on any atom is 0.270 e. The maximum atomic E-state index is 13.3. The summed E-state index contributed by atoms with van der Waals surface area (Å²) in [6.07, 6.45) is 2.30. The Morgan fingerprint density at radius 2 is 1.81 bits per heavy atom. The predicted octanol–water partition coefficient (Wildman–Crippen LogP) is 4.02. The van der Waals surface area contributed by atoms with Crippen LogP contribution in [-0.4, -0.2) is 57.5 Å². The lowest BCUT2D eigenvalue weighted by atomic mass is 9.87. The molecular weight excluding hydrogens is 536 g/mol. The van der Waals surface area contributed by atoms with Gasteiger partial charge in [-0.05, 0) is 67.0 Å². The zero-order chi connectivity index (χ0) is 25.8. The van der Waals surface area contributed by atoms with Crippen molar-refractivity contribution in [2.24, 2.45) is 0 Å². The molecule has 1 aromatic heterocycles. The molecule has 0 saturated carbocycles. The number of aryl methyl sites for hydroxylation is 1. The van der Waals surface area contributed by atoms with Crippen molar-refractivity contribution in [3.63, 3.8) is 0 Å². The molecule has 8 nitrogen and oxygen atoms in total. The van der Waals surface area contributed by atoms with Crippen LogP contribution in [0.3, 0.4) is 0 Å². The molecule has 0 aliphatic carbocycles. The fourth-order valence-electron chi connectivity index (χ4n) is 5.95. The molecular formula is C28H27BrN4O4. The number of piperidine rings is 2. The third-order valence-corrected chi connectivity index (χ3v) is 8.53. The van der Waals surface area contributed by atoms with Gasteiger partial charge in [-0.15, -0.1) is 0 Å². The molecule has 2 saturated heterocycles. The Bertz CT molecular complexity index is 1470. The molecule has 2 aromatic carbocycles. The van der Waals surface area contributed by atoms with Crippen molar-refractivity contribution in [3.05, 3.63) is 68.8 Å². The standard InChI is InChI=1S/C28H27BrN4O4/c1-15-20-5-3-19(29)13-22(20)30-25(15)28(37)32-10-8-16(9-11-32)17-2-4-21-18(12-17)14-33(27(21)36)23-6-7-24(34)31-26(23)35/h2-5,12-13,16,23,30H,6-11,14H2,1H3,(H,31,34,35). The van der Waals surface area contributed by atoms with Gasteiger partial charge in [0, 0.05) is 47.0 Å². The number of amides is 4. The predicted molar refractivity (Wildman–Crippen MR) is 141 cm³/mol. The highest BCUT2D eigenvalue weighted by Crippen LogP contribution is 2.34. The lowest BCUT2D eigenvalue weighted by molar-refractivity contribution is -0.136. The van der Waals surface area contributed by atoms with Gasteiger partial charge in [0.25, 0.3) is 11.8 Å². The van der Waals surface area contributed by atoms with E-state index in [9.17, 15) is 19.2 Å². The lowest BCUT2D eigenvalue weighted by Crippen LogP contribution is -2.52. The van der Waals surface area contributed by atoms with E-state index in [4.69, 9.17) is 0 Å². The van der Waals surface area contributed by atoms with E-state index < -0.39 is 11.9 Å². The van der Waals surface area contributed by atoms with Crippen LogP contribution < -0.4 is 5.32 Å². The molecule has 2 N–H and O–H groups in total. The number of rotatable bonds is 3.